The number of nitrogens with zero attached hydrogens (tertiary/aromatic N) is 1. The van der Waals surface area contributed by atoms with Crippen molar-refractivity contribution in [2.45, 2.75) is 67.5 Å². The quantitative estimate of drug-likeness (QED) is 0.787. The highest BCUT2D eigenvalue weighted by Crippen LogP contribution is 2.30. The molecule has 1 aliphatic heterocycles. The van der Waals surface area contributed by atoms with Gasteiger partial charge in [-0.15, -0.1) is 0 Å². The first-order valence-corrected chi connectivity index (χ1v) is 8.57. The van der Waals surface area contributed by atoms with E-state index in [1.54, 1.807) is 0 Å². The molecule has 3 nitrogen and oxygen atoms in total. The molecule has 0 amide bonds. The summed E-state index contributed by atoms with van der Waals surface area (Å²) in [6.07, 6.45) is 0. The first-order valence-electron chi connectivity index (χ1n) is 8.57. The van der Waals surface area contributed by atoms with Crippen LogP contribution in [0.4, 0.5) is 0 Å². The van der Waals surface area contributed by atoms with E-state index in [4.69, 9.17) is 4.74 Å². The summed E-state index contributed by atoms with van der Waals surface area (Å²) in [5.41, 5.74) is 0.605. The largest absolute Gasteiger partial charge is 0.380 e. The number of piperazine rings is 1. The number of hydrogen-bond acceptors (Lipinski definition) is 3. The van der Waals surface area contributed by atoms with E-state index in [0.29, 0.717) is 28.8 Å². The molecule has 0 aliphatic carbocycles. The van der Waals surface area contributed by atoms with Gasteiger partial charge >= 0.3 is 0 Å². The molecule has 1 saturated heterocycles. The van der Waals surface area contributed by atoms with E-state index >= 15 is 0 Å². The van der Waals surface area contributed by atoms with Gasteiger partial charge in [0.2, 0.25) is 0 Å². The lowest BCUT2D eigenvalue weighted by molar-refractivity contribution is 0.00432. The number of nitrogens with one attached hydrogen (secondary N) is 1. The summed E-state index contributed by atoms with van der Waals surface area (Å²) in [6, 6.07) is 1.14. The molecule has 3 heteroatoms. The molecule has 1 aliphatic rings. The first kappa shape index (κ1) is 18.9. The van der Waals surface area contributed by atoms with Crippen LogP contribution in [0.25, 0.3) is 0 Å². The van der Waals surface area contributed by atoms with Crippen molar-refractivity contribution in [3.63, 3.8) is 0 Å². The SMILES string of the molecule is CC(C)COCCN1CC(C(C)(C)C)NCC1C(C)(C)C. The fourth-order valence-corrected chi connectivity index (χ4v) is 2.99. The Morgan fingerprint density at radius 1 is 1.10 bits per heavy atom. The molecule has 1 heterocycles. The Morgan fingerprint density at radius 3 is 2.19 bits per heavy atom. The molecule has 0 aromatic rings. The van der Waals surface area contributed by atoms with Gasteiger partial charge in [0.25, 0.3) is 0 Å². The van der Waals surface area contributed by atoms with Crippen molar-refractivity contribution in [2.75, 3.05) is 32.8 Å². The first-order chi connectivity index (χ1) is 9.51. The third-order valence-electron chi connectivity index (χ3n) is 4.43. The smallest absolute Gasteiger partial charge is 0.0593 e. The van der Waals surface area contributed by atoms with Gasteiger partial charge < -0.3 is 10.1 Å². The molecule has 0 bridgehead atoms. The lowest BCUT2D eigenvalue weighted by Crippen LogP contribution is -2.63. The van der Waals surface area contributed by atoms with Gasteiger partial charge in [-0.2, -0.15) is 0 Å². The summed E-state index contributed by atoms with van der Waals surface area (Å²) in [5, 5.41) is 3.77. The summed E-state index contributed by atoms with van der Waals surface area (Å²) in [4.78, 5) is 2.65. The van der Waals surface area contributed by atoms with Gasteiger partial charge in [0, 0.05) is 38.3 Å². The third kappa shape index (κ3) is 6.25. The molecule has 0 saturated carbocycles. The van der Waals surface area contributed by atoms with Gasteiger partial charge in [0.05, 0.1) is 6.61 Å². The minimum Gasteiger partial charge on any atom is -0.380 e. The monoisotopic (exact) mass is 298 g/mol. The summed E-state index contributed by atoms with van der Waals surface area (Å²) in [7, 11) is 0. The minimum absolute atomic E-state index is 0.300. The molecule has 0 radical (unpaired) electrons. The normalized spacial score (nSPS) is 25.6. The zero-order chi connectivity index (χ0) is 16.3. The Bertz CT molecular complexity index is 301. The summed E-state index contributed by atoms with van der Waals surface area (Å²) < 4.78 is 5.82. The summed E-state index contributed by atoms with van der Waals surface area (Å²) in [6.45, 7) is 23.4. The van der Waals surface area contributed by atoms with Gasteiger partial charge in [0.15, 0.2) is 0 Å². The van der Waals surface area contributed by atoms with E-state index in [9.17, 15) is 0 Å². The molecule has 0 aromatic heterocycles. The fourth-order valence-electron chi connectivity index (χ4n) is 2.99. The van der Waals surface area contributed by atoms with Gasteiger partial charge in [-0.25, -0.2) is 0 Å². The molecule has 1 rings (SSSR count). The van der Waals surface area contributed by atoms with E-state index in [0.717, 1.165) is 32.8 Å². The molecule has 2 unspecified atom stereocenters. The van der Waals surface area contributed by atoms with Gasteiger partial charge in [0.1, 0.15) is 0 Å². The van der Waals surface area contributed by atoms with Crippen LogP contribution in [0.1, 0.15) is 55.4 Å². The predicted molar refractivity (Wildman–Crippen MR) is 91.7 cm³/mol. The van der Waals surface area contributed by atoms with Crippen LogP contribution in [0.2, 0.25) is 0 Å². The lowest BCUT2D eigenvalue weighted by atomic mass is 9.79. The zero-order valence-electron chi connectivity index (χ0n) is 15.6. The highest BCUT2D eigenvalue weighted by Gasteiger charge is 2.38. The van der Waals surface area contributed by atoms with E-state index in [1.807, 2.05) is 0 Å². The van der Waals surface area contributed by atoms with Crippen molar-refractivity contribution >= 4 is 0 Å². The molecule has 0 spiro atoms. The van der Waals surface area contributed by atoms with E-state index < -0.39 is 0 Å². The second kappa shape index (κ2) is 7.43. The van der Waals surface area contributed by atoms with Crippen LogP contribution in [-0.4, -0.2) is 49.8 Å². The molecule has 1 fully saturated rings. The van der Waals surface area contributed by atoms with Crippen LogP contribution >= 0.6 is 0 Å². The van der Waals surface area contributed by atoms with Crippen LogP contribution in [-0.2, 0) is 4.74 Å². The Labute approximate surface area is 132 Å². The molecular formula is C18H38N2O. The molecule has 126 valence electrons. The second-order valence-corrected chi connectivity index (χ2v) is 9.17. The topological polar surface area (TPSA) is 24.5 Å². The Kier molecular flexibility index (Phi) is 6.70. The van der Waals surface area contributed by atoms with Crippen molar-refractivity contribution in [1.29, 1.82) is 0 Å². The molecule has 2 atom stereocenters. The Morgan fingerprint density at radius 2 is 1.71 bits per heavy atom. The maximum Gasteiger partial charge on any atom is 0.0593 e. The Balaban J connectivity index is 2.61. The van der Waals surface area contributed by atoms with Gasteiger partial charge in [-0.05, 0) is 16.7 Å². The lowest BCUT2D eigenvalue weighted by Gasteiger charge is -2.49. The fraction of sp³-hybridized carbons (Fsp3) is 1.00. The molecule has 1 N–H and O–H groups in total. The van der Waals surface area contributed by atoms with E-state index in [-0.39, 0.29) is 0 Å². The molecule has 0 aromatic carbocycles. The highest BCUT2D eigenvalue weighted by atomic mass is 16.5. The summed E-state index contributed by atoms with van der Waals surface area (Å²) in [5.74, 6) is 0.619. The average molecular weight is 299 g/mol. The molecular weight excluding hydrogens is 260 g/mol. The van der Waals surface area contributed by atoms with Gasteiger partial charge in [-0.1, -0.05) is 55.4 Å². The van der Waals surface area contributed by atoms with Crippen molar-refractivity contribution in [3.8, 4) is 0 Å². The second-order valence-electron chi connectivity index (χ2n) is 9.17. The van der Waals surface area contributed by atoms with Crippen LogP contribution in [0.15, 0.2) is 0 Å². The minimum atomic E-state index is 0.300. The van der Waals surface area contributed by atoms with Crippen LogP contribution in [0.3, 0.4) is 0 Å². The standard InChI is InChI=1S/C18H38N2O/c1-14(2)13-21-10-9-20-12-15(17(3,4)5)19-11-16(20)18(6,7)8/h14-16,19H,9-13H2,1-8H3. The number of rotatable bonds is 5. The number of ether oxygens (including phenoxy) is 1. The Hall–Kier alpha value is -0.120. The zero-order valence-corrected chi connectivity index (χ0v) is 15.6. The highest BCUT2D eigenvalue weighted by molar-refractivity contribution is 4.95. The molecule has 21 heavy (non-hydrogen) atoms. The van der Waals surface area contributed by atoms with E-state index in [1.165, 1.54) is 0 Å². The summed E-state index contributed by atoms with van der Waals surface area (Å²) >= 11 is 0. The van der Waals surface area contributed by atoms with Crippen molar-refractivity contribution in [3.05, 3.63) is 0 Å². The van der Waals surface area contributed by atoms with Crippen molar-refractivity contribution < 1.29 is 4.74 Å². The number of hydrogen-bond donors (Lipinski definition) is 1. The van der Waals surface area contributed by atoms with Crippen LogP contribution in [0.5, 0.6) is 0 Å². The van der Waals surface area contributed by atoms with Gasteiger partial charge in [-0.3, -0.25) is 4.90 Å². The van der Waals surface area contributed by atoms with Crippen molar-refractivity contribution in [1.82, 2.24) is 10.2 Å². The predicted octanol–water partition coefficient (Wildman–Crippen LogP) is 3.39. The average Bonchev–Trinajstić information content (AvgIpc) is 2.31. The third-order valence-corrected chi connectivity index (χ3v) is 4.43. The van der Waals surface area contributed by atoms with E-state index in [2.05, 4.69) is 65.6 Å². The van der Waals surface area contributed by atoms with Crippen LogP contribution in [0, 0.1) is 16.7 Å². The van der Waals surface area contributed by atoms with Crippen molar-refractivity contribution in [2.24, 2.45) is 16.7 Å². The van der Waals surface area contributed by atoms with Crippen LogP contribution < -0.4 is 5.32 Å². The maximum atomic E-state index is 5.82. The maximum absolute atomic E-state index is 5.82.